The lowest BCUT2D eigenvalue weighted by Crippen LogP contribution is -1.90. The summed E-state index contributed by atoms with van der Waals surface area (Å²) in [6.45, 7) is 0. The molecule has 3 aromatic rings. The predicted molar refractivity (Wildman–Crippen MR) is 83.3 cm³/mol. The van der Waals surface area contributed by atoms with Gasteiger partial charge in [0.05, 0.1) is 17.6 Å². The van der Waals surface area contributed by atoms with Gasteiger partial charge in [0.25, 0.3) is 0 Å². The molecule has 0 bridgehead atoms. The fourth-order valence-corrected chi connectivity index (χ4v) is 2.20. The summed E-state index contributed by atoms with van der Waals surface area (Å²) in [5, 5.41) is 0. The zero-order chi connectivity index (χ0) is 13.8. The van der Waals surface area contributed by atoms with Gasteiger partial charge in [-0.15, -0.1) is 0 Å². The molecule has 1 aromatic heterocycles. The Bertz CT molecular complexity index is 671. The highest BCUT2D eigenvalue weighted by Gasteiger charge is 2.00. The summed E-state index contributed by atoms with van der Waals surface area (Å²) in [4.78, 5) is 4.34. The topological polar surface area (TPSA) is 38.9 Å². The van der Waals surface area contributed by atoms with Crippen LogP contribution in [-0.4, -0.2) is 4.98 Å². The lowest BCUT2D eigenvalue weighted by atomic mass is 10.0. The zero-order valence-electron chi connectivity index (χ0n) is 11.2. The van der Waals surface area contributed by atoms with Crippen molar-refractivity contribution in [1.29, 1.82) is 0 Å². The summed E-state index contributed by atoms with van der Waals surface area (Å²) in [5.41, 5.74) is 11.0. The third kappa shape index (κ3) is 2.86. The van der Waals surface area contributed by atoms with Gasteiger partial charge >= 0.3 is 0 Å². The van der Waals surface area contributed by atoms with Gasteiger partial charge in [0, 0.05) is 5.56 Å². The summed E-state index contributed by atoms with van der Waals surface area (Å²) in [7, 11) is 0. The molecule has 0 fully saturated rings. The molecule has 0 saturated carbocycles. The standard InChI is InChI=1S/C18H16N2/c19-17-10-11-18(20-13-17)16-8-6-15(7-9-16)12-14-4-2-1-3-5-14/h1-11,13H,12,19H2. The molecule has 0 spiro atoms. The van der Waals surface area contributed by atoms with E-state index in [0.29, 0.717) is 5.69 Å². The number of hydrogen-bond acceptors (Lipinski definition) is 2. The summed E-state index contributed by atoms with van der Waals surface area (Å²) < 4.78 is 0. The van der Waals surface area contributed by atoms with E-state index in [1.165, 1.54) is 11.1 Å². The van der Waals surface area contributed by atoms with E-state index in [-0.39, 0.29) is 0 Å². The normalized spacial score (nSPS) is 10.4. The minimum absolute atomic E-state index is 0.689. The van der Waals surface area contributed by atoms with Gasteiger partial charge in [-0.1, -0.05) is 54.6 Å². The molecule has 0 amide bonds. The molecule has 2 heteroatoms. The molecule has 0 saturated heterocycles. The quantitative estimate of drug-likeness (QED) is 0.775. The maximum atomic E-state index is 5.65. The summed E-state index contributed by atoms with van der Waals surface area (Å²) in [6, 6.07) is 22.8. The van der Waals surface area contributed by atoms with Crippen LogP contribution < -0.4 is 5.73 Å². The molecule has 0 aliphatic heterocycles. The average molecular weight is 260 g/mol. The van der Waals surface area contributed by atoms with Crippen LogP contribution in [0.3, 0.4) is 0 Å². The van der Waals surface area contributed by atoms with Crippen molar-refractivity contribution in [3.63, 3.8) is 0 Å². The first kappa shape index (κ1) is 12.4. The van der Waals surface area contributed by atoms with Gasteiger partial charge in [-0.05, 0) is 29.7 Å². The van der Waals surface area contributed by atoms with Gasteiger partial charge in [0.2, 0.25) is 0 Å². The van der Waals surface area contributed by atoms with Crippen molar-refractivity contribution >= 4 is 5.69 Å². The second-order valence-corrected chi connectivity index (χ2v) is 4.84. The number of hydrogen-bond donors (Lipinski definition) is 1. The average Bonchev–Trinajstić information content (AvgIpc) is 2.50. The summed E-state index contributed by atoms with van der Waals surface area (Å²) in [6.07, 6.45) is 2.64. The first-order valence-electron chi connectivity index (χ1n) is 6.66. The lowest BCUT2D eigenvalue weighted by molar-refractivity contribution is 1.19. The van der Waals surface area contributed by atoms with Gasteiger partial charge in [0.1, 0.15) is 0 Å². The van der Waals surface area contributed by atoms with Crippen LogP contribution in [0.1, 0.15) is 11.1 Å². The summed E-state index contributed by atoms with van der Waals surface area (Å²) >= 11 is 0. The molecule has 0 aliphatic carbocycles. The molecule has 3 rings (SSSR count). The molecule has 0 atom stereocenters. The van der Waals surface area contributed by atoms with E-state index in [0.717, 1.165) is 17.7 Å². The van der Waals surface area contributed by atoms with Crippen LogP contribution in [0, 0.1) is 0 Å². The Kier molecular flexibility index (Phi) is 3.46. The van der Waals surface area contributed by atoms with Crippen molar-refractivity contribution in [2.45, 2.75) is 6.42 Å². The van der Waals surface area contributed by atoms with Crippen LogP contribution in [-0.2, 0) is 6.42 Å². The summed E-state index contributed by atoms with van der Waals surface area (Å²) in [5.74, 6) is 0. The molecule has 0 aliphatic rings. The maximum absolute atomic E-state index is 5.65. The SMILES string of the molecule is Nc1ccc(-c2ccc(Cc3ccccc3)cc2)nc1. The van der Waals surface area contributed by atoms with Crippen LogP contribution in [0.2, 0.25) is 0 Å². The second kappa shape index (κ2) is 5.57. The Morgan fingerprint density at radius 1 is 0.750 bits per heavy atom. The van der Waals surface area contributed by atoms with Gasteiger partial charge in [0.15, 0.2) is 0 Å². The second-order valence-electron chi connectivity index (χ2n) is 4.84. The predicted octanol–water partition coefficient (Wildman–Crippen LogP) is 3.92. The number of nitrogens with two attached hydrogens (primary N) is 1. The highest BCUT2D eigenvalue weighted by Crippen LogP contribution is 2.19. The zero-order valence-corrected chi connectivity index (χ0v) is 11.2. The lowest BCUT2D eigenvalue weighted by Gasteiger charge is -2.05. The monoisotopic (exact) mass is 260 g/mol. The molecule has 20 heavy (non-hydrogen) atoms. The molecule has 0 radical (unpaired) electrons. The van der Waals surface area contributed by atoms with E-state index < -0.39 is 0 Å². The molecule has 0 unspecified atom stereocenters. The number of anilines is 1. The van der Waals surface area contributed by atoms with Crippen LogP contribution in [0.5, 0.6) is 0 Å². The Morgan fingerprint density at radius 3 is 2.10 bits per heavy atom. The molecule has 2 nitrogen and oxygen atoms in total. The molecular formula is C18H16N2. The van der Waals surface area contributed by atoms with E-state index >= 15 is 0 Å². The Morgan fingerprint density at radius 2 is 1.45 bits per heavy atom. The van der Waals surface area contributed by atoms with Gasteiger partial charge in [-0.2, -0.15) is 0 Å². The fraction of sp³-hybridized carbons (Fsp3) is 0.0556. The van der Waals surface area contributed by atoms with Crippen molar-refractivity contribution < 1.29 is 0 Å². The highest BCUT2D eigenvalue weighted by molar-refractivity contribution is 5.61. The van der Waals surface area contributed by atoms with Gasteiger partial charge in [-0.3, -0.25) is 4.98 Å². The third-order valence-corrected chi connectivity index (χ3v) is 3.29. The van der Waals surface area contributed by atoms with Crippen molar-refractivity contribution in [1.82, 2.24) is 4.98 Å². The van der Waals surface area contributed by atoms with Crippen LogP contribution >= 0.6 is 0 Å². The van der Waals surface area contributed by atoms with Crippen LogP contribution in [0.25, 0.3) is 11.3 Å². The van der Waals surface area contributed by atoms with E-state index in [4.69, 9.17) is 5.73 Å². The molecule has 2 N–H and O–H groups in total. The number of pyridine rings is 1. The number of rotatable bonds is 3. The van der Waals surface area contributed by atoms with Crippen molar-refractivity contribution in [2.24, 2.45) is 0 Å². The number of benzene rings is 2. The number of aromatic nitrogens is 1. The minimum Gasteiger partial charge on any atom is -0.397 e. The van der Waals surface area contributed by atoms with E-state index in [9.17, 15) is 0 Å². The fourth-order valence-electron chi connectivity index (χ4n) is 2.20. The molecule has 1 heterocycles. The first-order chi connectivity index (χ1) is 9.81. The van der Waals surface area contributed by atoms with Crippen LogP contribution in [0.4, 0.5) is 5.69 Å². The van der Waals surface area contributed by atoms with E-state index in [1.54, 1.807) is 6.20 Å². The van der Waals surface area contributed by atoms with Crippen molar-refractivity contribution in [2.75, 3.05) is 5.73 Å². The Hall–Kier alpha value is -2.61. The molecule has 2 aromatic carbocycles. The van der Waals surface area contributed by atoms with E-state index in [2.05, 4.69) is 53.5 Å². The molecular weight excluding hydrogens is 244 g/mol. The highest BCUT2D eigenvalue weighted by atomic mass is 14.7. The Labute approximate surface area is 118 Å². The minimum atomic E-state index is 0.689. The largest absolute Gasteiger partial charge is 0.397 e. The van der Waals surface area contributed by atoms with Gasteiger partial charge < -0.3 is 5.73 Å². The van der Waals surface area contributed by atoms with E-state index in [1.807, 2.05) is 18.2 Å². The first-order valence-corrected chi connectivity index (χ1v) is 6.66. The maximum Gasteiger partial charge on any atom is 0.0703 e. The van der Waals surface area contributed by atoms with Crippen LogP contribution in [0.15, 0.2) is 72.9 Å². The smallest absolute Gasteiger partial charge is 0.0703 e. The Balaban J connectivity index is 1.79. The number of nitrogens with zero attached hydrogens (tertiary/aromatic N) is 1. The number of nitrogen functional groups attached to an aromatic ring is 1. The van der Waals surface area contributed by atoms with Crippen molar-refractivity contribution in [3.05, 3.63) is 84.1 Å². The third-order valence-electron chi connectivity index (χ3n) is 3.29. The molecule has 98 valence electrons. The van der Waals surface area contributed by atoms with Crippen molar-refractivity contribution in [3.8, 4) is 11.3 Å². The van der Waals surface area contributed by atoms with Gasteiger partial charge in [-0.25, -0.2) is 0 Å².